The fourth-order valence-corrected chi connectivity index (χ4v) is 1.77. The number of carbonyl (C=O) groups excluding carboxylic acids is 3. The molecule has 0 spiro atoms. The molecule has 1 aliphatic heterocycles. The lowest BCUT2D eigenvalue weighted by molar-refractivity contribution is -0.126. The summed E-state index contributed by atoms with van der Waals surface area (Å²) in [7, 11) is 1.57. The van der Waals surface area contributed by atoms with Gasteiger partial charge in [-0.15, -0.1) is 0 Å². The van der Waals surface area contributed by atoms with Crippen molar-refractivity contribution in [1.82, 2.24) is 15.1 Å². The highest BCUT2D eigenvalue weighted by atomic mass is 16.3. The highest BCUT2D eigenvalue weighted by Gasteiger charge is 2.32. The smallest absolute Gasteiger partial charge is 0.326 e. The fourth-order valence-electron chi connectivity index (χ4n) is 1.77. The van der Waals surface area contributed by atoms with E-state index in [1.807, 2.05) is 13.8 Å². The van der Waals surface area contributed by atoms with Crippen LogP contribution in [-0.4, -0.2) is 66.0 Å². The van der Waals surface area contributed by atoms with Crippen LogP contribution in [0.1, 0.15) is 26.7 Å². The number of carbonyl (C=O) groups is 3. The first-order chi connectivity index (χ1) is 9.26. The van der Waals surface area contributed by atoms with Crippen molar-refractivity contribution in [2.75, 3.05) is 33.3 Å². The third-order valence-electron chi connectivity index (χ3n) is 3.21. The van der Waals surface area contributed by atoms with E-state index in [1.165, 1.54) is 9.80 Å². The molecule has 1 saturated heterocycles. The number of aliphatic hydroxyl groups excluding tert-OH is 1. The molecule has 1 rings (SSSR count). The van der Waals surface area contributed by atoms with Gasteiger partial charge in [0.05, 0.1) is 0 Å². The van der Waals surface area contributed by atoms with Crippen LogP contribution < -0.4 is 5.32 Å². The Bertz CT molecular complexity index is 395. The Morgan fingerprint density at radius 2 is 2.05 bits per heavy atom. The highest BCUT2D eigenvalue weighted by molar-refractivity contribution is 6.01. The first kappa shape index (κ1) is 16.4. The van der Waals surface area contributed by atoms with Crippen molar-refractivity contribution in [3.8, 4) is 0 Å². The van der Waals surface area contributed by atoms with Gasteiger partial charge in [-0.2, -0.15) is 0 Å². The second kappa shape index (κ2) is 6.69. The van der Waals surface area contributed by atoms with Gasteiger partial charge in [-0.3, -0.25) is 14.5 Å². The Kier molecular flexibility index (Phi) is 5.50. The first-order valence-electron chi connectivity index (χ1n) is 6.70. The maximum Gasteiger partial charge on any atom is 0.326 e. The van der Waals surface area contributed by atoms with Crippen LogP contribution in [0, 0.1) is 5.41 Å². The minimum atomic E-state index is -0.348. The molecule has 0 unspecified atom stereocenters. The number of amides is 4. The van der Waals surface area contributed by atoms with E-state index >= 15 is 0 Å². The zero-order valence-corrected chi connectivity index (χ0v) is 12.3. The summed E-state index contributed by atoms with van der Waals surface area (Å²) in [5, 5.41) is 11.8. The van der Waals surface area contributed by atoms with E-state index in [0.717, 1.165) is 0 Å². The van der Waals surface area contributed by atoms with E-state index in [9.17, 15) is 14.4 Å². The molecular formula is C13H23N3O4. The molecule has 0 aromatic rings. The monoisotopic (exact) mass is 285 g/mol. The van der Waals surface area contributed by atoms with Crippen LogP contribution in [0.2, 0.25) is 0 Å². The predicted octanol–water partition coefficient (Wildman–Crippen LogP) is -0.205. The van der Waals surface area contributed by atoms with E-state index in [0.29, 0.717) is 13.0 Å². The summed E-state index contributed by atoms with van der Waals surface area (Å²) in [4.78, 5) is 37.2. The van der Waals surface area contributed by atoms with Crippen LogP contribution in [0.5, 0.6) is 0 Å². The molecule has 0 aliphatic carbocycles. The number of likely N-dealkylation sites (N-methyl/N-ethyl adjacent to an activating group) is 1. The number of imide groups is 1. The second-order valence-corrected chi connectivity index (χ2v) is 5.89. The molecule has 0 atom stereocenters. The minimum Gasteiger partial charge on any atom is -0.396 e. The van der Waals surface area contributed by atoms with Gasteiger partial charge in [0.15, 0.2) is 0 Å². The molecule has 1 aliphatic rings. The van der Waals surface area contributed by atoms with Crippen LogP contribution >= 0.6 is 0 Å². The molecule has 0 saturated carbocycles. The van der Waals surface area contributed by atoms with Crippen LogP contribution in [0.25, 0.3) is 0 Å². The van der Waals surface area contributed by atoms with Crippen LogP contribution in [-0.2, 0) is 9.59 Å². The number of aliphatic hydroxyl groups is 1. The minimum absolute atomic E-state index is 0.00358. The summed E-state index contributed by atoms with van der Waals surface area (Å²) in [6, 6.07) is -0.308. The second-order valence-electron chi connectivity index (χ2n) is 5.89. The molecule has 1 heterocycles. The summed E-state index contributed by atoms with van der Waals surface area (Å²) < 4.78 is 0. The summed E-state index contributed by atoms with van der Waals surface area (Å²) in [5.74, 6) is -0.363. The molecule has 4 amide bonds. The quantitative estimate of drug-likeness (QED) is 0.634. The number of nitrogens with one attached hydrogen (secondary N) is 1. The van der Waals surface area contributed by atoms with Gasteiger partial charge in [0, 0.05) is 38.6 Å². The molecule has 2 N–H and O–H groups in total. The van der Waals surface area contributed by atoms with Gasteiger partial charge < -0.3 is 15.3 Å². The van der Waals surface area contributed by atoms with Gasteiger partial charge in [-0.05, 0) is 6.42 Å². The topological polar surface area (TPSA) is 90.0 Å². The van der Waals surface area contributed by atoms with Crippen molar-refractivity contribution >= 4 is 17.8 Å². The largest absolute Gasteiger partial charge is 0.396 e. The SMILES string of the molecule is CN1CC(=O)N(CCCC(=O)NCC(C)(C)CO)C1=O. The maximum atomic E-state index is 11.6. The summed E-state index contributed by atoms with van der Waals surface area (Å²) in [6.07, 6.45) is 0.693. The molecule has 0 bridgehead atoms. The van der Waals surface area contributed by atoms with Gasteiger partial charge in [0.25, 0.3) is 0 Å². The molecule has 0 radical (unpaired) electrons. The Labute approximate surface area is 118 Å². The first-order valence-corrected chi connectivity index (χ1v) is 6.70. The zero-order valence-electron chi connectivity index (χ0n) is 12.3. The van der Waals surface area contributed by atoms with Gasteiger partial charge >= 0.3 is 6.03 Å². The third-order valence-corrected chi connectivity index (χ3v) is 3.21. The Morgan fingerprint density at radius 1 is 1.40 bits per heavy atom. The van der Waals surface area contributed by atoms with Crippen LogP contribution in [0.15, 0.2) is 0 Å². The normalized spacial score (nSPS) is 16.0. The average molecular weight is 285 g/mol. The number of rotatable bonds is 7. The molecule has 7 nitrogen and oxygen atoms in total. The number of nitrogens with zero attached hydrogens (tertiary/aromatic N) is 2. The van der Waals surface area contributed by atoms with E-state index < -0.39 is 0 Å². The predicted molar refractivity (Wildman–Crippen MR) is 72.8 cm³/mol. The molecule has 0 aromatic heterocycles. The van der Waals surface area contributed by atoms with Crippen LogP contribution in [0.4, 0.5) is 4.79 Å². The standard InChI is InChI=1S/C13H23N3O4/c1-13(2,9-17)8-14-10(18)5-4-6-16-11(19)7-15(3)12(16)20/h17H,4-9H2,1-3H3,(H,14,18). The zero-order chi connectivity index (χ0) is 15.3. The van der Waals surface area contributed by atoms with Crippen molar-refractivity contribution in [2.24, 2.45) is 5.41 Å². The molecule has 7 heteroatoms. The van der Waals surface area contributed by atoms with Crippen molar-refractivity contribution < 1.29 is 19.5 Å². The number of hydrogen-bond acceptors (Lipinski definition) is 4. The Morgan fingerprint density at radius 3 is 2.55 bits per heavy atom. The van der Waals surface area contributed by atoms with Gasteiger partial charge in [-0.25, -0.2) is 4.79 Å². The summed E-state index contributed by atoms with van der Waals surface area (Å²) >= 11 is 0. The van der Waals surface area contributed by atoms with E-state index in [2.05, 4.69) is 5.32 Å². The lowest BCUT2D eigenvalue weighted by atomic mass is 9.95. The van der Waals surface area contributed by atoms with Crippen molar-refractivity contribution in [3.63, 3.8) is 0 Å². The fraction of sp³-hybridized carbons (Fsp3) is 0.769. The summed E-state index contributed by atoms with van der Waals surface area (Å²) in [5.41, 5.74) is -0.348. The van der Waals surface area contributed by atoms with Crippen molar-refractivity contribution in [3.05, 3.63) is 0 Å². The van der Waals surface area contributed by atoms with E-state index in [-0.39, 0.29) is 49.4 Å². The van der Waals surface area contributed by atoms with E-state index in [4.69, 9.17) is 5.11 Å². The van der Waals surface area contributed by atoms with Crippen LogP contribution in [0.3, 0.4) is 0 Å². The van der Waals surface area contributed by atoms with Crippen molar-refractivity contribution in [1.29, 1.82) is 0 Å². The average Bonchev–Trinajstić information content (AvgIpc) is 2.63. The lowest BCUT2D eigenvalue weighted by Gasteiger charge is -2.22. The molecule has 20 heavy (non-hydrogen) atoms. The van der Waals surface area contributed by atoms with E-state index in [1.54, 1.807) is 7.05 Å². The summed E-state index contributed by atoms with van der Waals surface area (Å²) in [6.45, 7) is 4.47. The lowest BCUT2D eigenvalue weighted by Crippen LogP contribution is -2.37. The molecule has 0 aromatic carbocycles. The Balaban J connectivity index is 2.26. The van der Waals surface area contributed by atoms with Crippen molar-refractivity contribution in [2.45, 2.75) is 26.7 Å². The van der Waals surface area contributed by atoms with Gasteiger partial charge in [0.2, 0.25) is 11.8 Å². The number of urea groups is 1. The maximum absolute atomic E-state index is 11.6. The van der Waals surface area contributed by atoms with Gasteiger partial charge in [-0.1, -0.05) is 13.8 Å². The molecular weight excluding hydrogens is 262 g/mol. The number of hydrogen-bond donors (Lipinski definition) is 2. The molecule has 114 valence electrons. The Hall–Kier alpha value is -1.63. The highest BCUT2D eigenvalue weighted by Crippen LogP contribution is 2.12. The van der Waals surface area contributed by atoms with Gasteiger partial charge in [0.1, 0.15) is 6.54 Å². The third kappa shape index (κ3) is 4.48. The molecule has 1 fully saturated rings.